The largest absolute Gasteiger partial charge is 0.494 e. The van der Waals surface area contributed by atoms with Crippen molar-refractivity contribution in [1.29, 1.82) is 0 Å². The topological polar surface area (TPSA) is 47.3 Å². The van der Waals surface area contributed by atoms with Crippen LogP contribution in [0, 0.1) is 11.6 Å². The lowest BCUT2D eigenvalue weighted by Gasteiger charge is -2.16. The van der Waals surface area contributed by atoms with E-state index in [2.05, 4.69) is 5.43 Å². The summed E-state index contributed by atoms with van der Waals surface area (Å²) in [4.78, 5) is 0. The van der Waals surface area contributed by atoms with E-state index >= 15 is 0 Å². The van der Waals surface area contributed by atoms with Gasteiger partial charge in [0, 0.05) is 6.04 Å². The van der Waals surface area contributed by atoms with Crippen molar-refractivity contribution in [3.8, 4) is 5.75 Å². The summed E-state index contributed by atoms with van der Waals surface area (Å²) in [7, 11) is 0. The average Bonchev–Trinajstić information content (AvgIpc) is 2.51. The number of ether oxygens (including phenoxy) is 1. The first-order valence-electron chi connectivity index (χ1n) is 6.77. The lowest BCUT2D eigenvalue weighted by molar-refractivity contribution is 0.284. The highest BCUT2D eigenvalue weighted by Gasteiger charge is 2.12. The standard InChI is InChI=1S/C16H18F2N2O/c17-13-6-7-16(18)12(10-13)11-14(20-19)8-9-21-15-4-2-1-3-5-15/h1-7,10,14,20H,8-9,11,19H2. The molecule has 112 valence electrons. The number of benzene rings is 2. The van der Waals surface area contributed by atoms with Crippen molar-refractivity contribution >= 4 is 0 Å². The summed E-state index contributed by atoms with van der Waals surface area (Å²) < 4.78 is 32.3. The van der Waals surface area contributed by atoms with Crippen LogP contribution in [0.3, 0.4) is 0 Å². The molecule has 0 saturated heterocycles. The number of nitrogens with two attached hydrogens (primary N) is 1. The van der Waals surface area contributed by atoms with E-state index in [1.54, 1.807) is 0 Å². The second-order valence-electron chi connectivity index (χ2n) is 4.75. The number of halogens is 2. The van der Waals surface area contributed by atoms with Gasteiger partial charge in [-0.1, -0.05) is 18.2 Å². The van der Waals surface area contributed by atoms with Crippen LogP contribution in [0.15, 0.2) is 48.5 Å². The van der Waals surface area contributed by atoms with Crippen molar-refractivity contribution in [2.45, 2.75) is 18.9 Å². The number of hydrazine groups is 1. The van der Waals surface area contributed by atoms with E-state index in [4.69, 9.17) is 10.6 Å². The molecule has 5 heteroatoms. The molecule has 2 aromatic carbocycles. The third-order valence-corrected chi connectivity index (χ3v) is 3.19. The van der Waals surface area contributed by atoms with Crippen LogP contribution in [0.25, 0.3) is 0 Å². The maximum Gasteiger partial charge on any atom is 0.126 e. The van der Waals surface area contributed by atoms with E-state index in [-0.39, 0.29) is 6.04 Å². The van der Waals surface area contributed by atoms with Crippen molar-refractivity contribution in [2.24, 2.45) is 5.84 Å². The molecule has 0 aliphatic carbocycles. The summed E-state index contributed by atoms with van der Waals surface area (Å²) >= 11 is 0. The molecule has 0 aliphatic rings. The highest BCUT2D eigenvalue weighted by molar-refractivity contribution is 5.21. The Morgan fingerprint density at radius 2 is 1.86 bits per heavy atom. The predicted molar refractivity (Wildman–Crippen MR) is 77.7 cm³/mol. The van der Waals surface area contributed by atoms with Gasteiger partial charge in [-0.15, -0.1) is 0 Å². The maximum absolute atomic E-state index is 13.6. The molecule has 0 radical (unpaired) electrons. The smallest absolute Gasteiger partial charge is 0.126 e. The maximum atomic E-state index is 13.6. The molecular weight excluding hydrogens is 274 g/mol. The first kappa shape index (κ1) is 15.4. The van der Waals surface area contributed by atoms with Gasteiger partial charge in [-0.05, 0) is 48.7 Å². The number of para-hydroxylation sites is 1. The van der Waals surface area contributed by atoms with Crippen molar-refractivity contribution in [2.75, 3.05) is 6.61 Å². The second kappa shape index (κ2) is 7.71. The van der Waals surface area contributed by atoms with Crippen molar-refractivity contribution in [3.05, 3.63) is 65.7 Å². The zero-order valence-electron chi connectivity index (χ0n) is 11.6. The van der Waals surface area contributed by atoms with Crippen LogP contribution < -0.4 is 16.0 Å². The molecule has 3 nitrogen and oxygen atoms in total. The Kier molecular flexibility index (Phi) is 5.66. The third kappa shape index (κ3) is 4.81. The van der Waals surface area contributed by atoms with Crippen LogP contribution in [0.4, 0.5) is 8.78 Å². The van der Waals surface area contributed by atoms with E-state index in [1.165, 1.54) is 6.07 Å². The van der Waals surface area contributed by atoms with Gasteiger partial charge < -0.3 is 4.74 Å². The molecule has 1 atom stereocenters. The number of rotatable bonds is 7. The van der Waals surface area contributed by atoms with Crippen molar-refractivity contribution in [3.63, 3.8) is 0 Å². The first-order chi connectivity index (χ1) is 10.2. The summed E-state index contributed by atoms with van der Waals surface area (Å²) in [5.74, 6) is 5.35. The quantitative estimate of drug-likeness (QED) is 0.609. The van der Waals surface area contributed by atoms with Gasteiger partial charge in [-0.25, -0.2) is 8.78 Å². The van der Waals surface area contributed by atoms with Crippen molar-refractivity contribution in [1.82, 2.24) is 5.43 Å². The molecule has 3 N–H and O–H groups in total. The normalized spacial score (nSPS) is 12.1. The summed E-state index contributed by atoms with van der Waals surface area (Å²) in [6.07, 6.45) is 0.888. The third-order valence-electron chi connectivity index (χ3n) is 3.19. The minimum Gasteiger partial charge on any atom is -0.494 e. The molecule has 0 spiro atoms. The molecule has 0 fully saturated rings. The Morgan fingerprint density at radius 1 is 1.10 bits per heavy atom. The van der Waals surface area contributed by atoms with E-state index in [1.807, 2.05) is 30.3 Å². The van der Waals surface area contributed by atoms with Gasteiger partial charge >= 0.3 is 0 Å². The summed E-state index contributed by atoms with van der Waals surface area (Å²) in [5, 5.41) is 0. The fourth-order valence-corrected chi connectivity index (χ4v) is 2.05. The number of hydrogen-bond donors (Lipinski definition) is 2. The Balaban J connectivity index is 1.87. The highest BCUT2D eigenvalue weighted by atomic mass is 19.1. The highest BCUT2D eigenvalue weighted by Crippen LogP contribution is 2.14. The summed E-state index contributed by atoms with van der Waals surface area (Å²) in [6, 6.07) is 12.6. The van der Waals surface area contributed by atoms with Gasteiger partial charge in [0.2, 0.25) is 0 Å². The monoisotopic (exact) mass is 292 g/mol. The molecule has 0 saturated carbocycles. The Bertz CT molecular complexity index is 563. The second-order valence-corrected chi connectivity index (χ2v) is 4.75. The van der Waals surface area contributed by atoms with Crippen LogP contribution in [-0.2, 0) is 6.42 Å². The minimum absolute atomic E-state index is 0.190. The van der Waals surface area contributed by atoms with Crippen LogP contribution in [0.2, 0.25) is 0 Å². The van der Waals surface area contributed by atoms with Crippen LogP contribution in [-0.4, -0.2) is 12.6 Å². The van der Waals surface area contributed by atoms with Crippen LogP contribution >= 0.6 is 0 Å². The minimum atomic E-state index is -0.456. The first-order valence-corrected chi connectivity index (χ1v) is 6.77. The van der Waals surface area contributed by atoms with Gasteiger partial charge in [-0.3, -0.25) is 11.3 Å². The molecule has 0 aliphatic heterocycles. The zero-order chi connectivity index (χ0) is 15.1. The average molecular weight is 292 g/mol. The molecule has 21 heavy (non-hydrogen) atoms. The molecule has 2 rings (SSSR count). The molecule has 0 aromatic heterocycles. The van der Waals surface area contributed by atoms with Gasteiger partial charge in [0.25, 0.3) is 0 Å². The molecular formula is C16H18F2N2O. The van der Waals surface area contributed by atoms with Gasteiger partial charge in [0.15, 0.2) is 0 Å². The summed E-state index contributed by atoms with van der Waals surface area (Å²) in [5.41, 5.74) is 2.92. The Labute approximate surface area is 122 Å². The molecule has 0 bridgehead atoms. The zero-order valence-corrected chi connectivity index (χ0v) is 11.6. The van der Waals surface area contributed by atoms with E-state index in [0.29, 0.717) is 25.0 Å². The van der Waals surface area contributed by atoms with Gasteiger partial charge in [0.05, 0.1) is 6.61 Å². The molecule has 0 amide bonds. The lowest BCUT2D eigenvalue weighted by atomic mass is 10.0. The molecule has 0 heterocycles. The SMILES string of the molecule is NNC(CCOc1ccccc1)Cc1cc(F)ccc1F. The lowest BCUT2D eigenvalue weighted by Crippen LogP contribution is -2.38. The van der Waals surface area contributed by atoms with E-state index in [9.17, 15) is 8.78 Å². The fraction of sp³-hybridized carbons (Fsp3) is 0.250. The number of nitrogens with one attached hydrogen (secondary N) is 1. The summed E-state index contributed by atoms with van der Waals surface area (Å²) in [6.45, 7) is 0.440. The van der Waals surface area contributed by atoms with E-state index in [0.717, 1.165) is 17.9 Å². The van der Waals surface area contributed by atoms with Crippen LogP contribution in [0.1, 0.15) is 12.0 Å². The van der Waals surface area contributed by atoms with E-state index < -0.39 is 11.6 Å². The van der Waals surface area contributed by atoms with Crippen molar-refractivity contribution < 1.29 is 13.5 Å². The Hall–Kier alpha value is -1.98. The predicted octanol–water partition coefficient (Wildman–Crippen LogP) is 2.81. The molecule has 2 aromatic rings. The Morgan fingerprint density at radius 3 is 2.57 bits per heavy atom. The van der Waals surface area contributed by atoms with Gasteiger partial charge in [0.1, 0.15) is 17.4 Å². The van der Waals surface area contributed by atoms with Crippen LogP contribution in [0.5, 0.6) is 5.75 Å². The molecule has 1 unspecified atom stereocenters. The fourth-order valence-electron chi connectivity index (χ4n) is 2.05. The van der Waals surface area contributed by atoms with Gasteiger partial charge in [-0.2, -0.15) is 0 Å². The number of hydrogen-bond acceptors (Lipinski definition) is 3.